The molecule has 1 aliphatic heterocycles. The van der Waals surface area contributed by atoms with Crippen LogP contribution in [-0.4, -0.2) is 24.3 Å². The zero-order valence-corrected chi connectivity index (χ0v) is 7.66. The Morgan fingerprint density at radius 1 is 1.75 bits per heavy atom. The van der Waals surface area contributed by atoms with E-state index in [1.807, 2.05) is 13.8 Å². The summed E-state index contributed by atoms with van der Waals surface area (Å²) < 4.78 is 10.3. The molecular formula is C9H14O3. The molecule has 0 bridgehead atoms. The molecule has 2 atom stereocenters. The van der Waals surface area contributed by atoms with Gasteiger partial charge in [-0.05, 0) is 20.8 Å². The Hall–Kier alpha value is -0.830. The van der Waals surface area contributed by atoms with Gasteiger partial charge in [-0.15, -0.1) is 0 Å². The van der Waals surface area contributed by atoms with Gasteiger partial charge in [-0.2, -0.15) is 0 Å². The molecule has 3 nitrogen and oxygen atoms in total. The smallest absolute Gasteiger partial charge is 0.331 e. The molecule has 0 spiro atoms. The van der Waals surface area contributed by atoms with Crippen LogP contribution in [0, 0.1) is 0 Å². The third kappa shape index (κ3) is 1.67. The van der Waals surface area contributed by atoms with Gasteiger partial charge in [0.15, 0.2) is 5.60 Å². The lowest BCUT2D eigenvalue weighted by Crippen LogP contribution is -2.57. The fourth-order valence-corrected chi connectivity index (χ4v) is 0.997. The van der Waals surface area contributed by atoms with Gasteiger partial charge in [0.1, 0.15) is 0 Å². The van der Waals surface area contributed by atoms with Crippen molar-refractivity contribution in [2.24, 2.45) is 0 Å². The monoisotopic (exact) mass is 170 g/mol. The van der Waals surface area contributed by atoms with Gasteiger partial charge in [0.25, 0.3) is 0 Å². The summed E-state index contributed by atoms with van der Waals surface area (Å²) in [5.41, 5.74) is -0.420. The molecular weight excluding hydrogens is 156 g/mol. The van der Waals surface area contributed by atoms with Crippen LogP contribution in [0.5, 0.6) is 0 Å². The Morgan fingerprint density at radius 2 is 2.42 bits per heavy atom. The molecule has 3 heteroatoms. The van der Waals surface area contributed by atoms with E-state index < -0.39 is 5.60 Å². The number of hydrogen-bond donors (Lipinski definition) is 0. The van der Waals surface area contributed by atoms with Crippen LogP contribution in [0.25, 0.3) is 0 Å². The lowest BCUT2D eigenvalue weighted by Gasteiger charge is -2.43. The maximum absolute atomic E-state index is 11.0. The molecule has 0 aromatic heterocycles. The van der Waals surface area contributed by atoms with Gasteiger partial charge in [-0.3, -0.25) is 0 Å². The van der Waals surface area contributed by atoms with Gasteiger partial charge in [0.05, 0.1) is 12.7 Å². The van der Waals surface area contributed by atoms with E-state index in [-0.39, 0.29) is 12.1 Å². The molecule has 0 aliphatic carbocycles. The average molecular weight is 170 g/mol. The number of esters is 1. The molecule has 0 radical (unpaired) electrons. The van der Waals surface area contributed by atoms with Crippen molar-refractivity contribution in [3.05, 3.63) is 12.2 Å². The van der Waals surface area contributed by atoms with E-state index in [1.165, 1.54) is 6.08 Å². The molecule has 1 saturated heterocycles. The first-order chi connectivity index (χ1) is 5.58. The third-order valence-electron chi connectivity index (χ3n) is 2.12. The topological polar surface area (TPSA) is 35.5 Å². The Morgan fingerprint density at radius 3 is 2.75 bits per heavy atom. The minimum Gasteiger partial charge on any atom is -0.451 e. The molecule has 0 N–H and O–H groups in total. The number of carbonyl (C=O) groups is 1. The zero-order valence-electron chi connectivity index (χ0n) is 7.66. The van der Waals surface area contributed by atoms with Gasteiger partial charge in [0.2, 0.25) is 0 Å². The number of hydrogen-bond acceptors (Lipinski definition) is 3. The molecule has 1 aliphatic rings. The van der Waals surface area contributed by atoms with Crippen molar-refractivity contribution in [1.29, 1.82) is 0 Å². The second kappa shape index (κ2) is 3.27. The fourth-order valence-electron chi connectivity index (χ4n) is 0.997. The standard InChI is InChI=1S/C9H14O3/c1-4-5-8(10)12-9(3)6-11-7(9)2/h4-5,7H,6H2,1-3H3. The molecule has 0 saturated carbocycles. The zero-order chi connectivity index (χ0) is 9.19. The molecule has 68 valence electrons. The summed E-state index contributed by atoms with van der Waals surface area (Å²) in [5, 5.41) is 0. The first-order valence-electron chi connectivity index (χ1n) is 4.06. The minimum atomic E-state index is -0.420. The molecule has 12 heavy (non-hydrogen) atoms. The minimum absolute atomic E-state index is 0.00621. The Bertz CT molecular complexity index is 210. The quantitative estimate of drug-likeness (QED) is 0.462. The molecule has 0 amide bonds. The summed E-state index contributed by atoms with van der Waals surface area (Å²) in [5.74, 6) is -0.296. The van der Waals surface area contributed by atoms with Crippen LogP contribution in [0.1, 0.15) is 20.8 Å². The molecule has 0 aromatic rings. The van der Waals surface area contributed by atoms with Gasteiger partial charge in [-0.25, -0.2) is 4.79 Å². The summed E-state index contributed by atoms with van der Waals surface area (Å²) in [4.78, 5) is 11.0. The van der Waals surface area contributed by atoms with Crippen LogP contribution in [0.15, 0.2) is 12.2 Å². The maximum atomic E-state index is 11.0. The Labute approximate surface area is 72.4 Å². The van der Waals surface area contributed by atoms with Gasteiger partial charge < -0.3 is 9.47 Å². The van der Waals surface area contributed by atoms with Crippen molar-refractivity contribution >= 4 is 5.97 Å². The summed E-state index contributed by atoms with van der Waals surface area (Å²) in [6.45, 7) is 6.05. The first-order valence-corrected chi connectivity index (χ1v) is 4.06. The number of ether oxygens (including phenoxy) is 2. The molecule has 1 fully saturated rings. The number of rotatable bonds is 2. The summed E-state index contributed by atoms with van der Waals surface area (Å²) in [6, 6.07) is 0. The molecule has 0 aromatic carbocycles. The van der Waals surface area contributed by atoms with Crippen LogP contribution < -0.4 is 0 Å². The predicted octanol–water partition coefficient (Wildman–Crippen LogP) is 1.28. The SMILES string of the molecule is CC=CC(=O)OC1(C)COC1C. The molecule has 1 heterocycles. The van der Waals surface area contributed by atoms with E-state index in [4.69, 9.17) is 9.47 Å². The first kappa shape index (κ1) is 9.26. The molecule has 2 unspecified atom stereocenters. The van der Waals surface area contributed by atoms with Gasteiger partial charge in [-0.1, -0.05) is 6.08 Å². The summed E-state index contributed by atoms with van der Waals surface area (Å²) in [6.07, 6.45) is 3.08. The Balaban J connectivity index is 2.45. The van der Waals surface area contributed by atoms with Gasteiger partial charge >= 0.3 is 5.97 Å². The molecule has 1 rings (SSSR count). The van der Waals surface area contributed by atoms with E-state index in [2.05, 4.69) is 0 Å². The summed E-state index contributed by atoms with van der Waals surface area (Å²) >= 11 is 0. The second-order valence-corrected chi connectivity index (χ2v) is 3.19. The second-order valence-electron chi connectivity index (χ2n) is 3.19. The van der Waals surface area contributed by atoms with E-state index in [0.29, 0.717) is 6.61 Å². The van der Waals surface area contributed by atoms with Crippen LogP contribution in [0.3, 0.4) is 0 Å². The van der Waals surface area contributed by atoms with Crippen LogP contribution in [0.2, 0.25) is 0 Å². The van der Waals surface area contributed by atoms with Crippen molar-refractivity contribution < 1.29 is 14.3 Å². The summed E-state index contributed by atoms with van der Waals surface area (Å²) in [7, 11) is 0. The normalized spacial score (nSPS) is 34.8. The van der Waals surface area contributed by atoms with Crippen molar-refractivity contribution in [2.45, 2.75) is 32.5 Å². The van der Waals surface area contributed by atoms with Crippen molar-refractivity contribution in [1.82, 2.24) is 0 Å². The van der Waals surface area contributed by atoms with Crippen LogP contribution >= 0.6 is 0 Å². The third-order valence-corrected chi connectivity index (χ3v) is 2.12. The lowest BCUT2D eigenvalue weighted by atomic mass is 9.96. The highest BCUT2D eigenvalue weighted by molar-refractivity contribution is 5.82. The highest BCUT2D eigenvalue weighted by Crippen LogP contribution is 2.28. The van der Waals surface area contributed by atoms with Crippen molar-refractivity contribution in [3.63, 3.8) is 0 Å². The van der Waals surface area contributed by atoms with E-state index >= 15 is 0 Å². The maximum Gasteiger partial charge on any atom is 0.331 e. The largest absolute Gasteiger partial charge is 0.451 e. The number of carbonyl (C=O) groups excluding carboxylic acids is 1. The lowest BCUT2D eigenvalue weighted by molar-refractivity contribution is -0.236. The highest BCUT2D eigenvalue weighted by atomic mass is 16.6. The van der Waals surface area contributed by atoms with E-state index in [1.54, 1.807) is 13.0 Å². The highest BCUT2D eigenvalue weighted by Gasteiger charge is 2.44. The van der Waals surface area contributed by atoms with Crippen molar-refractivity contribution in [2.75, 3.05) is 6.61 Å². The fraction of sp³-hybridized carbons (Fsp3) is 0.667. The van der Waals surface area contributed by atoms with Crippen molar-refractivity contribution in [3.8, 4) is 0 Å². The van der Waals surface area contributed by atoms with E-state index in [0.717, 1.165) is 0 Å². The van der Waals surface area contributed by atoms with Crippen LogP contribution in [-0.2, 0) is 14.3 Å². The van der Waals surface area contributed by atoms with Crippen LogP contribution in [0.4, 0.5) is 0 Å². The number of allylic oxidation sites excluding steroid dienone is 1. The predicted molar refractivity (Wildman–Crippen MR) is 44.7 cm³/mol. The Kier molecular flexibility index (Phi) is 2.52. The average Bonchev–Trinajstić information content (AvgIpc) is 2.02. The van der Waals surface area contributed by atoms with Gasteiger partial charge in [0, 0.05) is 6.08 Å². The van der Waals surface area contributed by atoms with E-state index in [9.17, 15) is 4.79 Å².